The summed E-state index contributed by atoms with van der Waals surface area (Å²) in [5.74, 6) is -0.0425. The Kier molecular flexibility index (Phi) is 4.01. The SMILES string of the molecule is Cc1cc(COc2c(F)cccc2CBr)n(C)n1. The van der Waals surface area contributed by atoms with Gasteiger partial charge in [-0.2, -0.15) is 5.10 Å². The minimum atomic E-state index is -0.342. The number of hydrogen-bond donors (Lipinski definition) is 0. The van der Waals surface area contributed by atoms with Gasteiger partial charge in [0.1, 0.15) is 6.61 Å². The van der Waals surface area contributed by atoms with E-state index in [0.29, 0.717) is 17.7 Å². The molecule has 0 saturated heterocycles. The zero-order valence-electron chi connectivity index (χ0n) is 10.3. The van der Waals surface area contributed by atoms with E-state index >= 15 is 0 Å². The third-order valence-corrected chi connectivity index (χ3v) is 3.26. The molecule has 1 heterocycles. The van der Waals surface area contributed by atoms with Crippen LogP contribution in [0.4, 0.5) is 4.39 Å². The second-order valence-electron chi connectivity index (χ2n) is 4.05. The lowest BCUT2D eigenvalue weighted by Crippen LogP contribution is -2.05. The van der Waals surface area contributed by atoms with E-state index in [1.165, 1.54) is 6.07 Å². The van der Waals surface area contributed by atoms with Crippen molar-refractivity contribution < 1.29 is 9.13 Å². The highest BCUT2D eigenvalue weighted by Crippen LogP contribution is 2.25. The maximum absolute atomic E-state index is 13.7. The first kappa shape index (κ1) is 13.1. The molecule has 0 aliphatic carbocycles. The molecule has 0 bridgehead atoms. The molecule has 0 atom stereocenters. The van der Waals surface area contributed by atoms with E-state index in [2.05, 4.69) is 21.0 Å². The van der Waals surface area contributed by atoms with Gasteiger partial charge in [-0.05, 0) is 19.1 Å². The van der Waals surface area contributed by atoms with Gasteiger partial charge in [-0.15, -0.1) is 0 Å². The number of nitrogens with zero attached hydrogens (tertiary/aromatic N) is 2. The number of alkyl halides is 1. The minimum absolute atomic E-state index is 0.299. The average Bonchev–Trinajstić information content (AvgIpc) is 2.66. The van der Waals surface area contributed by atoms with E-state index in [1.807, 2.05) is 26.1 Å². The molecule has 1 aromatic heterocycles. The molecule has 0 amide bonds. The molecule has 0 unspecified atom stereocenters. The first-order chi connectivity index (χ1) is 8.61. The van der Waals surface area contributed by atoms with Crippen molar-refractivity contribution in [1.29, 1.82) is 0 Å². The number of hydrogen-bond acceptors (Lipinski definition) is 2. The highest BCUT2D eigenvalue weighted by atomic mass is 79.9. The molecule has 5 heteroatoms. The maximum Gasteiger partial charge on any atom is 0.165 e. The molecule has 0 radical (unpaired) electrons. The van der Waals surface area contributed by atoms with Gasteiger partial charge in [-0.25, -0.2) is 4.39 Å². The fourth-order valence-electron chi connectivity index (χ4n) is 1.77. The Morgan fingerprint density at radius 1 is 1.44 bits per heavy atom. The van der Waals surface area contributed by atoms with E-state index in [0.717, 1.165) is 17.0 Å². The Bertz CT molecular complexity index is 554. The summed E-state index contributed by atoms with van der Waals surface area (Å²) in [6.45, 7) is 2.22. The Balaban J connectivity index is 2.17. The van der Waals surface area contributed by atoms with Gasteiger partial charge in [0.25, 0.3) is 0 Å². The summed E-state index contributed by atoms with van der Waals surface area (Å²) < 4.78 is 21.0. The summed E-state index contributed by atoms with van der Waals surface area (Å²) in [6, 6.07) is 6.83. The van der Waals surface area contributed by atoms with Crippen molar-refractivity contribution in [3.05, 3.63) is 47.0 Å². The van der Waals surface area contributed by atoms with Crippen LogP contribution < -0.4 is 4.74 Å². The number of aromatic nitrogens is 2. The van der Waals surface area contributed by atoms with Gasteiger partial charge in [0.2, 0.25) is 0 Å². The predicted octanol–water partition coefficient (Wildman–Crippen LogP) is 3.34. The maximum atomic E-state index is 13.7. The third-order valence-electron chi connectivity index (χ3n) is 2.66. The number of benzene rings is 1. The average molecular weight is 313 g/mol. The minimum Gasteiger partial charge on any atom is -0.484 e. The Hall–Kier alpha value is -1.36. The number of para-hydroxylation sites is 1. The molecular formula is C13H14BrFN2O. The lowest BCUT2D eigenvalue weighted by atomic mass is 10.2. The Morgan fingerprint density at radius 3 is 2.83 bits per heavy atom. The summed E-state index contributed by atoms with van der Waals surface area (Å²) in [5.41, 5.74) is 2.63. The van der Waals surface area contributed by atoms with Crippen LogP contribution in [0.3, 0.4) is 0 Å². The van der Waals surface area contributed by atoms with E-state index < -0.39 is 0 Å². The second kappa shape index (κ2) is 5.52. The van der Waals surface area contributed by atoms with Gasteiger partial charge in [-0.3, -0.25) is 4.68 Å². The van der Waals surface area contributed by atoms with Crippen LogP contribution in [0, 0.1) is 12.7 Å². The van der Waals surface area contributed by atoms with Crippen molar-refractivity contribution >= 4 is 15.9 Å². The number of rotatable bonds is 4. The monoisotopic (exact) mass is 312 g/mol. The lowest BCUT2D eigenvalue weighted by Gasteiger charge is -2.10. The zero-order chi connectivity index (χ0) is 13.1. The van der Waals surface area contributed by atoms with Crippen LogP contribution >= 0.6 is 15.9 Å². The molecule has 3 nitrogen and oxygen atoms in total. The Morgan fingerprint density at radius 2 is 2.22 bits per heavy atom. The molecule has 2 aromatic rings. The standard InChI is InChI=1S/C13H14BrFN2O/c1-9-6-11(17(2)16-9)8-18-13-10(7-14)4-3-5-12(13)15/h3-6H,7-8H2,1-2H3. The molecule has 0 aliphatic heterocycles. The van der Waals surface area contributed by atoms with Gasteiger partial charge in [-0.1, -0.05) is 28.1 Å². The Labute approximate surface area is 114 Å². The summed E-state index contributed by atoms with van der Waals surface area (Å²) in [7, 11) is 1.85. The highest BCUT2D eigenvalue weighted by Gasteiger charge is 2.10. The van der Waals surface area contributed by atoms with E-state index in [4.69, 9.17) is 4.74 Å². The van der Waals surface area contributed by atoms with Crippen molar-refractivity contribution in [2.45, 2.75) is 18.9 Å². The van der Waals surface area contributed by atoms with Crippen LogP contribution in [-0.2, 0) is 19.0 Å². The molecule has 0 saturated carbocycles. The first-order valence-electron chi connectivity index (χ1n) is 5.57. The number of aryl methyl sites for hydroxylation is 2. The molecule has 96 valence electrons. The van der Waals surface area contributed by atoms with Crippen LogP contribution in [0.5, 0.6) is 5.75 Å². The fraction of sp³-hybridized carbons (Fsp3) is 0.308. The van der Waals surface area contributed by atoms with Crippen LogP contribution in [-0.4, -0.2) is 9.78 Å². The van der Waals surface area contributed by atoms with Crippen LogP contribution in [0.25, 0.3) is 0 Å². The van der Waals surface area contributed by atoms with Crippen molar-refractivity contribution in [1.82, 2.24) is 9.78 Å². The van der Waals surface area contributed by atoms with Gasteiger partial charge in [0, 0.05) is 17.9 Å². The van der Waals surface area contributed by atoms with Gasteiger partial charge < -0.3 is 4.74 Å². The normalized spacial score (nSPS) is 10.7. The molecule has 0 N–H and O–H groups in total. The fourth-order valence-corrected chi connectivity index (χ4v) is 2.21. The van der Waals surface area contributed by atoms with Crippen LogP contribution in [0.15, 0.2) is 24.3 Å². The molecule has 0 spiro atoms. The van der Waals surface area contributed by atoms with Crippen molar-refractivity contribution in [3.8, 4) is 5.75 Å². The first-order valence-corrected chi connectivity index (χ1v) is 6.69. The van der Waals surface area contributed by atoms with Gasteiger partial charge >= 0.3 is 0 Å². The van der Waals surface area contributed by atoms with Crippen molar-refractivity contribution in [2.24, 2.45) is 7.05 Å². The molecule has 18 heavy (non-hydrogen) atoms. The van der Waals surface area contributed by atoms with E-state index in [-0.39, 0.29) is 5.82 Å². The molecule has 2 rings (SSSR count). The zero-order valence-corrected chi connectivity index (χ0v) is 11.9. The summed E-state index contributed by atoms with van der Waals surface area (Å²) in [6.07, 6.45) is 0. The summed E-state index contributed by atoms with van der Waals surface area (Å²) in [5, 5.41) is 4.78. The number of halogens is 2. The van der Waals surface area contributed by atoms with Crippen LogP contribution in [0.1, 0.15) is 17.0 Å². The molecule has 0 fully saturated rings. The molecular weight excluding hydrogens is 299 g/mol. The third kappa shape index (κ3) is 2.72. The lowest BCUT2D eigenvalue weighted by molar-refractivity contribution is 0.278. The highest BCUT2D eigenvalue weighted by molar-refractivity contribution is 9.08. The molecule has 1 aromatic carbocycles. The summed E-state index contributed by atoms with van der Waals surface area (Å²) >= 11 is 3.32. The topological polar surface area (TPSA) is 27.1 Å². The van der Waals surface area contributed by atoms with Gasteiger partial charge in [0.15, 0.2) is 11.6 Å². The summed E-state index contributed by atoms with van der Waals surface area (Å²) in [4.78, 5) is 0. The van der Waals surface area contributed by atoms with E-state index in [9.17, 15) is 4.39 Å². The molecule has 0 aliphatic rings. The largest absolute Gasteiger partial charge is 0.484 e. The van der Waals surface area contributed by atoms with Crippen molar-refractivity contribution in [3.63, 3.8) is 0 Å². The van der Waals surface area contributed by atoms with Crippen LogP contribution in [0.2, 0.25) is 0 Å². The predicted molar refractivity (Wildman–Crippen MR) is 71.3 cm³/mol. The quantitative estimate of drug-likeness (QED) is 0.810. The van der Waals surface area contributed by atoms with Gasteiger partial charge in [0.05, 0.1) is 11.4 Å². The smallest absolute Gasteiger partial charge is 0.165 e. The number of ether oxygens (including phenoxy) is 1. The second-order valence-corrected chi connectivity index (χ2v) is 4.61. The van der Waals surface area contributed by atoms with Crippen molar-refractivity contribution in [2.75, 3.05) is 0 Å². The van der Waals surface area contributed by atoms with E-state index in [1.54, 1.807) is 10.7 Å².